The lowest BCUT2D eigenvalue weighted by molar-refractivity contribution is -0.122. The first-order chi connectivity index (χ1) is 13.5. The predicted octanol–water partition coefficient (Wildman–Crippen LogP) is 2.73. The molecule has 2 aromatic carbocycles. The molecule has 0 unspecified atom stereocenters. The van der Waals surface area contributed by atoms with Gasteiger partial charge in [0.05, 0.1) is 12.8 Å². The fraction of sp³-hybridized carbons (Fsp3) is 0.333. The Labute approximate surface area is 174 Å². The SMILES string of the molecule is Cc1ccc(CN2CCN(CC(=O)NN=Cc3cc(Br)ccc3O)CC2)cc1. The van der Waals surface area contributed by atoms with Crippen LogP contribution in [0.5, 0.6) is 5.75 Å². The van der Waals surface area contributed by atoms with Crippen LogP contribution < -0.4 is 5.43 Å². The van der Waals surface area contributed by atoms with Crippen molar-refractivity contribution in [2.24, 2.45) is 5.10 Å². The Balaban J connectivity index is 1.40. The molecule has 0 saturated carbocycles. The number of phenolic OH excluding ortho intramolecular Hbond substituents is 1. The number of amides is 1. The van der Waals surface area contributed by atoms with E-state index in [2.05, 4.69) is 67.4 Å². The summed E-state index contributed by atoms with van der Waals surface area (Å²) in [5.74, 6) is -0.0383. The van der Waals surface area contributed by atoms with E-state index in [1.165, 1.54) is 17.3 Å². The van der Waals surface area contributed by atoms with Crippen LogP contribution in [0.3, 0.4) is 0 Å². The number of nitrogens with one attached hydrogen (secondary N) is 1. The highest BCUT2D eigenvalue weighted by Crippen LogP contribution is 2.19. The summed E-state index contributed by atoms with van der Waals surface area (Å²) in [4.78, 5) is 16.6. The number of phenols is 1. The van der Waals surface area contributed by atoms with Crippen molar-refractivity contribution in [2.45, 2.75) is 13.5 Å². The van der Waals surface area contributed by atoms with Crippen molar-refractivity contribution in [3.63, 3.8) is 0 Å². The molecule has 0 radical (unpaired) electrons. The smallest absolute Gasteiger partial charge is 0.254 e. The topological polar surface area (TPSA) is 68.2 Å². The summed E-state index contributed by atoms with van der Waals surface area (Å²) >= 11 is 3.34. The van der Waals surface area contributed by atoms with Crippen molar-refractivity contribution in [2.75, 3.05) is 32.7 Å². The molecule has 0 aliphatic carbocycles. The van der Waals surface area contributed by atoms with E-state index in [-0.39, 0.29) is 11.7 Å². The monoisotopic (exact) mass is 444 g/mol. The maximum atomic E-state index is 12.1. The van der Waals surface area contributed by atoms with Crippen LogP contribution in [-0.2, 0) is 11.3 Å². The summed E-state index contributed by atoms with van der Waals surface area (Å²) in [6.45, 7) is 6.96. The molecule has 6 nitrogen and oxygen atoms in total. The van der Waals surface area contributed by atoms with Crippen molar-refractivity contribution in [1.82, 2.24) is 15.2 Å². The van der Waals surface area contributed by atoms with E-state index in [0.29, 0.717) is 12.1 Å². The van der Waals surface area contributed by atoms with Crippen LogP contribution in [0.15, 0.2) is 52.0 Å². The van der Waals surface area contributed by atoms with Gasteiger partial charge in [0.25, 0.3) is 5.91 Å². The van der Waals surface area contributed by atoms with E-state index in [1.54, 1.807) is 18.2 Å². The summed E-state index contributed by atoms with van der Waals surface area (Å²) in [6, 6.07) is 13.7. The molecule has 28 heavy (non-hydrogen) atoms. The molecule has 0 spiro atoms. The molecule has 7 heteroatoms. The number of hydrogen-bond acceptors (Lipinski definition) is 5. The van der Waals surface area contributed by atoms with E-state index in [1.807, 2.05) is 0 Å². The van der Waals surface area contributed by atoms with Crippen LogP contribution in [0.2, 0.25) is 0 Å². The first-order valence-electron chi connectivity index (χ1n) is 9.30. The standard InChI is InChI=1S/C21H25BrN4O2/c1-16-2-4-17(5-3-16)14-25-8-10-26(11-9-25)15-21(28)24-23-13-18-12-19(22)6-7-20(18)27/h2-7,12-13,27H,8-11,14-15H2,1H3,(H,24,28). The highest BCUT2D eigenvalue weighted by molar-refractivity contribution is 9.10. The quantitative estimate of drug-likeness (QED) is 0.530. The summed E-state index contributed by atoms with van der Waals surface area (Å²) in [7, 11) is 0. The third-order valence-corrected chi connectivity index (χ3v) is 5.23. The average molecular weight is 445 g/mol. The van der Waals surface area contributed by atoms with Gasteiger partial charge in [-0.1, -0.05) is 45.8 Å². The normalized spacial score (nSPS) is 15.8. The lowest BCUT2D eigenvalue weighted by Gasteiger charge is -2.34. The second-order valence-corrected chi connectivity index (χ2v) is 7.95. The fourth-order valence-corrected chi connectivity index (χ4v) is 3.48. The van der Waals surface area contributed by atoms with Crippen molar-refractivity contribution in [1.29, 1.82) is 0 Å². The van der Waals surface area contributed by atoms with Crippen LogP contribution in [-0.4, -0.2) is 59.8 Å². The first-order valence-corrected chi connectivity index (χ1v) is 10.1. The largest absolute Gasteiger partial charge is 0.507 e. The van der Waals surface area contributed by atoms with Gasteiger partial charge in [0, 0.05) is 42.8 Å². The summed E-state index contributed by atoms with van der Waals surface area (Å²) in [5, 5.41) is 13.7. The molecule has 148 valence electrons. The number of benzene rings is 2. The predicted molar refractivity (Wildman–Crippen MR) is 114 cm³/mol. The van der Waals surface area contributed by atoms with Gasteiger partial charge in [-0.05, 0) is 30.7 Å². The van der Waals surface area contributed by atoms with Gasteiger partial charge in [0.2, 0.25) is 0 Å². The van der Waals surface area contributed by atoms with E-state index >= 15 is 0 Å². The molecular weight excluding hydrogens is 420 g/mol. The highest BCUT2D eigenvalue weighted by atomic mass is 79.9. The van der Waals surface area contributed by atoms with E-state index < -0.39 is 0 Å². The van der Waals surface area contributed by atoms with Crippen molar-refractivity contribution >= 4 is 28.1 Å². The third-order valence-electron chi connectivity index (χ3n) is 4.74. The van der Waals surface area contributed by atoms with E-state index in [0.717, 1.165) is 37.2 Å². The molecule has 1 aliphatic rings. The van der Waals surface area contributed by atoms with Gasteiger partial charge in [0.1, 0.15) is 5.75 Å². The molecule has 0 bridgehead atoms. The zero-order valence-corrected chi connectivity index (χ0v) is 17.5. The van der Waals surface area contributed by atoms with Crippen LogP contribution in [0.25, 0.3) is 0 Å². The molecule has 2 N–H and O–H groups in total. The van der Waals surface area contributed by atoms with Gasteiger partial charge in [-0.25, -0.2) is 5.43 Å². The molecule has 0 atom stereocenters. The Hall–Kier alpha value is -2.22. The third kappa shape index (κ3) is 6.15. The first kappa shape index (κ1) is 20.5. The number of hydrazone groups is 1. The zero-order valence-electron chi connectivity index (χ0n) is 15.9. The number of nitrogens with zero attached hydrogens (tertiary/aromatic N) is 3. The van der Waals surface area contributed by atoms with Crippen molar-refractivity contribution in [3.8, 4) is 5.75 Å². The number of carbonyl (C=O) groups is 1. The number of piperazine rings is 1. The Morgan fingerprint density at radius 3 is 2.54 bits per heavy atom. The molecule has 1 amide bonds. The van der Waals surface area contributed by atoms with Crippen LogP contribution >= 0.6 is 15.9 Å². The summed E-state index contributed by atoms with van der Waals surface area (Å²) in [5.41, 5.74) is 5.67. The minimum absolute atomic E-state index is 0.117. The van der Waals surface area contributed by atoms with Gasteiger partial charge in [0.15, 0.2) is 0 Å². The van der Waals surface area contributed by atoms with Crippen LogP contribution in [0.4, 0.5) is 0 Å². The molecule has 0 aromatic heterocycles. The number of aryl methyl sites for hydroxylation is 1. The van der Waals surface area contributed by atoms with Gasteiger partial charge < -0.3 is 5.11 Å². The lowest BCUT2D eigenvalue weighted by Crippen LogP contribution is -2.48. The van der Waals surface area contributed by atoms with E-state index in [9.17, 15) is 9.90 Å². The van der Waals surface area contributed by atoms with Gasteiger partial charge in [-0.3, -0.25) is 14.6 Å². The minimum atomic E-state index is -0.155. The number of halogens is 1. The molecule has 1 heterocycles. The Morgan fingerprint density at radius 2 is 1.82 bits per heavy atom. The minimum Gasteiger partial charge on any atom is -0.507 e. The zero-order chi connectivity index (χ0) is 19.9. The van der Waals surface area contributed by atoms with Crippen LogP contribution in [0, 0.1) is 6.92 Å². The van der Waals surface area contributed by atoms with Gasteiger partial charge in [-0.15, -0.1) is 0 Å². The molecular formula is C21H25BrN4O2. The van der Waals surface area contributed by atoms with Gasteiger partial charge in [-0.2, -0.15) is 5.10 Å². The second kappa shape index (κ2) is 9.82. The second-order valence-electron chi connectivity index (χ2n) is 7.03. The fourth-order valence-electron chi connectivity index (χ4n) is 3.10. The lowest BCUT2D eigenvalue weighted by atomic mass is 10.1. The maximum Gasteiger partial charge on any atom is 0.254 e. The number of rotatable bonds is 6. The summed E-state index contributed by atoms with van der Waals surface area (Å²) in [6.07, 6.45) is 1.44. The average Bonchev–Trinajstić information content (AvgIpc) is 2.68. The number of hydrogen-bond donors (Lipinski definition) is 2. The van der Waals surface area contributed by atoms with Crippen LogP contribution in [0.1, 0.15) is 16.7 Å². The van der Waals surface area contributed by atoms with Gasteiger partial charge >= 0.3 is 0 Å². The molecule has 2 aromatic rings. The Bertz CT molecular complexity index is 831. The van der Waals surface area contributed by atoms with Crippen molar-refractivity contribution < 1.29 is 9.90 Å². The number of aromatic hydroxyl groups is 1. The van der Waals surface area contributed by atoms with Crippen molar-refractivity contribution in [3.05, 3.63) is 63.6 Å². The number of carbonyl (C=O) groups excluding carboxylic acids is 1. The molecule has 1 saturated heterocycles. The maximum absolute atomic E-state index is 12.1. The molecule has 3 rings (SSSR count). The molecule has 1 fully saturated rings. The highest BCUT2D eigenvalue weighted by Gasteiger charge is 2.18. The Morgan fingerprint density at radius 1 is 1.14 bits per heavy atom. The summed E-state index contributed by atoms with van der Waals surface area (Å²) < 4.78 is 0.835. The Kier molecular flexibility index (Phi) is 7.19. The van der Waals surface area contributed by atoms with E-state index in [4.69, 9.17) is 0 Å². The molecule has 1 aliphatic heterocycles.